The molecular formula is C13H22ClN3O2S. The lowest BCUT2D eigenvalue weighted by molar-refractivity contribution is 0.372. The molecule has 1 fully saturated rings. The maximum atomic E-state index is 12.2. The minimum absolute atomic E-state index is 0. The highest BCUT2D eigenvalue weighted by molar-refractivity contribution is 7.89. The van der Waals surface area contributed by atoms with Gasteiger partial charge in [0.15, 0.2) is 0 Å². The van der Waals surface area contributed by atoms with E-state index in [2.05, 4.69) is 15.0 Å². The molecule has 7 heteroatoms. The van der Waals surface area contributed by atoms with Crippen molar-refractivity contribution in [1.29, 1.82) is 0 Å². The second-order valence-electron chi connectivity index (χ2n) is 4.98. The van der Waals surface area contributed by atoms with Crippen molar-refractivity contribution in [3.8, 4) is 0 Å². The maximum Gasteiger partial charge on any atom is 0.219 e. The molecule has 1 unspecified atom stereocenters. The van der Waals surface area contributed by atoms with E-state index >= 15 is 0 Å². The fraction of sp³-hybridized carbons (Fsp3) is 0.615. The largest absolute Gasteiger partial charge is 0.317 e. The normalized spacial score (nSPS) is 18.2. The smallest absolute Gasteiger partial charge is 0.219 e. The van der Waals surface area contributed by atoms with Gasteiger partial charge in [-0.3, -0.25) is 4.98 Å². The van der Waals surface area contributed by atoms with E-state index in [1.807, 2.05) is 0 Å². The number of halogens is 1. The topological polar surface area (TPSA) is 71.1 Å². The Morgan fingerprint density at radius 3 is 2.70 bits per heavy atom. The van der Waals surface area contributed by atoms with Gasteiger partial charge in [0.2, 0.25) is 10.0 Å². The maximum absolute atomic E-state index is 12.2. The highest BCUT2D eigenvalue weighted by Gasteiger charge is 2.24. The monoisotopic (exact) mass is 319 g/mol. The average molecular weight is 320 g/mol. The molecule has 1 aromatic heterocycles. The molecule has 1 aliphatic heterocycles. The van der Waals surface area contributed by atoms with Crippen LogP contribution in [0.25, 0.3) is 0 Å². The Balaban J connectivity index is 0.00000200. The van der Waals surface area contributed by atoms with E-state index in [1.165, 1.54) is 0 Å². The first-order valence-electron chi connectivity index (χ1n) is 6.70. The molecule has 5 nitrogen and oxygen atoms in total. The fourth-order valence-electron chi connectivity index (χ4n) is 2.22. The third-order valence-electron chi connectivity index (χ3n) is 3.60. The van der Waals surface area contributed by atoms with Gasteiger partial charge >= 0.3 is 0 Å². The highest BCUT2D eigenvalue weighted by Crippen LogP contribution is 2.19. The van der Waals surface area contributed by atoms with E-state index in [0.717, 1.165) is 25.9 Å². The minimum atomic E-state index is -3.35. The highest BCUT2D eigenvalue weighted by atomic mass is 35.5. The molecule has 0 bridgehead atoms. The van der Waals surface area contributed by atoms with Crippen molar-refractivity contribution in [3.63, 3.8) is 0 Å². The average Bonchev–Trinajstić information content (AvgIpc) is 2.46. The summed E-state index contributed by atoms with van der Waals surface area (Å²) in [7, 11) is -3.35. The van der Waals surface area contributed by atoms with Crippen molar-refractivity contribution in [2.45, 2.75) is 25.0 Å². The first kappa shape index (κ1) is 17.4. The number of piperidine rings is 1. The first-order chi connectivity index (χ1) is 9.09. The summed E-state index contributed by atoms with van der Waals surface area (Å²) in [5.74, 6) is 0.437. The van der Waals surface area contributed by atoms with Crippen LogP contribution in [-0.4, -0.2) is 33.0 Å². The van der Waals surface area contributed by atoms with Crippen LogP contribution >= 0.6 is 12.4 Å². The quantitative estimate of drug-likeness (QED) is 0.862. The fourth-order valence-corrected chi connectivity index (χ4v) is 3.40. The molecule has 0 spiro atoms. The molecule has 0 radical (unpaired) electrons. The van der Waals surface area contributed by atoms with E-state index in [-0.39, 0.29) is 12.4 Å². The zero-order valence-electron chi connectivity index (χ0n) is 11.6. The molecule has 2 N–H and O–H groups in total. The second-order valence-corrected chi connectivity index (χ2v) is 7.07. The summed E-state index contributed by atoms with van der Waals surface area (Å²) in [5.41, 5.74) is 0.584. The molecule has 1 saturated heterocycles. The molecule has 1 aliphatic rings. The summed E-state index contributed by atoms with van der Waals surface area (Å²) in [6.45, 7) is 4.15. The van der Waals surface area contributed by atoms with Crippen molar-refractivity contribution in [3.05, 3.63) is 30.1 Å². The van der Waals surface area contributed by atoms with Gasteiger partial charge in [-0.2, -0.15) is 0 Å². The zero-order chi connectivity index (χ0) is 13.7. The molecule has 1 atom stereocenters. The van der Waals surface area contributed by atoms with E-state index in [0.29, 0.717) is 18.2 Å². The van der Waals surface area contributed by atoms with Crippen LogP contribution in [-0.2, 0) is 10.0 Å². The lowest BCUT2D eigenvalue weighted by Gasteiger charge is -2.23. The summed E-state index contributed by atoms with van der Waals surface area (Å²) in [5, 5.41) is 2.66. The molecule has 0 aliphatic carbocycles. The third kappa shape index (κ3) is 4.70. The third-order valence-corrected chi connectivity index (χ3v) is 5.34. The zero-order valence-corrected chi connectivity index (χ0v) is 13.2. The first-order valence-corrected chi connectivity index (χ1v) is 8.24. The molecule has 0 aromatic carbocycles. The lowest BCUT2D eigenvalue weighted by atomic mass is 9.99. The SMILES string of the molecule is CC(c1ccccn1)S(=O)(=O)NCC1CCNCC1.Cl. The Labute approximate surface area is 127 Å². The van der Waals surface area contributed by atoms with Crippen LogP contribution in [0.1, 0.15) is 30.7 Å². The number of sulfonamides is 1. The van der Waals surface area contributed by atoms with Crippen LogP contribution < -0.4 is 10.0 Å². The van der Waals surface area contributed by atoms with Gasteiger partial charge in [0, 0.05) is 12.7 Å². The van der Waals surface area contributed by atoms with Crippen LogP contribution in [0.5, 0.6) is 0 Å². The molecule has 0 amide bonds. The standard InChI is InChI=1S/C13H21N3O2S.ClH/c1-11(13-4-2-3-7-15-13)19(17,18)16-10-12-5-8-14-9-6-12;/h2-4,7,11-12,14,16H,5-6,8-10H2,1H3;1H. The number of nitrogens with zero attached hydrogens (tertiary/aromatic N) is 1. The molecule has 2 rings (SSSR count). The van der Waals surface area contributed by atoms with Crippen molar-refractivity contribution in [2.75, 3.05) is 19.6 Å². The number of aromatic nitrogens is 1. The van der Waals surface area contributed by atoms with Gasteiger partial charge in [0.1, 0.15) is 5.25 Å². The van der Waals surface area contributed by atoms with Crippen molar-refractivity contribution >= 4 is 22.4 Å². The van der Waals surface area contributed by atoms with Gasteiger partial charge < -0.3 is 5.32 Å². The van der Waals surface area contributed by atoms with Crippen molar-refractivity contribution in [2.24, 2.45) is 5.92 Å². The number of pyridine rings is 1. The predicted octanol–water partition coefficient (Wildman–Crippen LogP) is 1.48. The Kier molecular flexibility index (Phi) is 6.88. The molecule has 114 valence electrons. The van der Waals surface area contributed by atoms with E-state index in [1.54, 1.807) is 31.3 Å². The van der Waals surface area contributed by atoms with Gasteiger partial charge in [-0.15, -0.1) is 12.4 Å². The summed E-state index contributed by atoms with van der Waals surface area (Å²) in [6, 6.07) is 5.33. The Morgan fingerprint density at radius 1 is 1.40 bits per heavy atom. The van der Waals surface area contributed by atoms with Gasteiger partial charge in [-0.25, -0.2) is 13.1 Å². The van der Waals surface area contributed by atoms with Crippen LogP contribution in [0.2, 0.25) is 0 Å². The van der Waals surface area contributed by atoms with Crippen LogP contribution in [0.15, 0.2) is 24.4 Å². The number of hydrogen-bond donors (Lipinski definition) is 2. The van der Waals surface area contributed by atoms with Gasteiger partial charge in [0.25, 0.3) is 0 Å². The van der Waals surface area contributed by atoms with Crippen molar-refractivity contribution < 1.29 is 8.42 Å². The van der Waals surface area contributed by atoms with Gasteiger partial charge in [0.05, 0.1) is 5.69 Å². The summed E-state index contributed by atoms with van der Waals surface area (Å²) < 4.78 is 27.1. The minimum Gasteiger partial charge on any atom is -0.317 e. The van der Waals surface area contributed by atoms with Crippen LogP contribution in [0.3, 0.4) is 0 Å². The number of hydrogen-bond acceptors (Lipinski definition) is 4. The number of nitrogens with one attached hydrogen (secondary N) is 2. The van der Waals surface area contributed by atoms with Crippen LogP contribution in [0, 0.1) is 5.92 Å². The molecule has 20 heavy (non-hydrogen) atoms. The Hall–Kier alpha value is -0.690. The van der Waals surface area contributed by atoms with Gasteiger partial charge in [-0.05, 0) is 50.9 Å². The molecule has 0 saturated carbocycles. The Bertz CT molecular complexity index is 490. The molecule has 1 aromatic rings. The molecular weight excluding hydrogens is 298 g/mol. The van der Waals surface area contributed by atoms with E-state index in [9.17, 15) is 8.42 Å². The van der Waals surface area contributed by atoms with E-state index < -0.39 is 15.3 Å². The molecule has 2 heterocycles. The summed E-state index contributed by atoms with van der Waals surface area (Å²) in [4.78, 5) is 4.11. The predicted molar refractivity (Wildman–Crippen MR) is 82.4 cm³/mol. The van der Waals surface area contributed by atoms with Gasteiger partial charge in [-0.1, -0.05) is 6.07 Å². The van der Waals surface area contributed by atoms with Crippen molar-refractivity contribution in [1.82, 2.24) is 15.0 Å². The number of rotatable bonds is 5. The summed E-state index contributed by atoms with van der Waals surface area (Å²) >= 11 is 0. The Morgan fingerprint density at radius 2 is 2.10 bits per heavy atom. The lowest BCUT2D eigenvalue weighted by Crippen LogP contribution is -2.37. The summed E-state index contributed by atoms with van der Waals surface area (Å²) in [6.07, 6.45) is 3.68. The second kappa shape index (κ2) is 7.93. The van der Waals surface area contributed by atoms with Crippen LogP contribution in [0.4, 0.5) is 0 Å². The van der Waals surface area contributed by atoms with E-state index in [4.69, 9.17) is 0 Å².